The van der Waals surface area contributed by atoms with Crippen molar-refractivity contribution < 1.29 is 32.9 Å². The van der Waals surface area contributed by atoms with Gasteiger partial charge in [-0.05, 0) is 45.0 Å². The highest BCUT2D eigenvalue weighted by Crippen LogP contribution is 2.17. The number of halogens is 2. The molecule has 0 saturated carbocycles. The van der Waals surface area contributed by atoms with Crippen molar-refractivity contribution in [1.82, 2.24) is 5.32 Å². The molecule has 1 aliphatic rings. The molecule has 2 unspecified atom stereocenters. The molecule has 1 aliphatic heterocycles. The molecule has 0 bridgehead atoms. The predicted molar refractivity (Wildman–Crippen MR) is 105 cm³/mol. The topological polar surface area (TPSA) is 76.3 Å². The summed E-state index contributed by atoms with van der Waals surface area (Å²) >= 11 is 0. The van der Waals surface area contributed by atoms with E-state index in [1.165, 1.54) is 34.1 Å². The molecular formula is C20H32F2N4O3+2. The van der Waals surface area contributed by atoms with Gasteiger partial charge in [-0.2, -0.15) is 8.78 Å². The van der Waals surface area contributed by atoms with Crippen molar-refractivity contribution in [3.05, 3.63) is 24.3 Å². The summed E-state index contributed by atoms with van der Waals surface area (Å²) < 4.78 is 28.6. The van der Waals surface area contributed by atoms with E-state index in [0.29, 0.717) is 18.8 Å². The van der Waals surface area contributed by atoms with Gasteiger partial charge in [-0.25, -0.2) is 0 Å². The third-order valence-electron chi connectivity index (χ3n) is 4.59. The first-order chi connectivity index (χ1) is 13.6. The number of hydrogen-bond donors (Lipinski definition) is 4. The molecule has 0 aliphatic carbocycles. The number of quaternary nitrogens is 2. The predicted octanol–water partition coefficient (Wildman–Crippen LogP) is -0.685. The van der Waals surface area contributed by atoms with Crippen molar-refractivity contribution >= 4 is 17.5 Å². The zero-order valence-electron chi connectivity index (χ0n) is 17.3. The molecule has 29 heavy (non-hydrogen) atoms. The Balaban J connectivity index is 1.76. The average molecular weight is 414 g/mol. The lowest BCUT2D eigenvalue weighted by molar-refractivity contribution is -0.930. The van der Waals surface area contributed by atoms with Gasteiger partial charge in [-0.1, -0.05) is 0 Å². The van der Waals surface area contributed by atoms with Crippen LogP contribution in [0.1, 0.15) is 27.2 Å². The van der Waals surface area contributed by atoms with Gasteiger partial charge < -0.3 is 25.2 Å². The molecule has 0 aromatic heterocycles. The molecule has 4 N–H and O–H groups in total. The fraction of sp³-hybridized carbons (Fsp3) is 0.600. The largest absolute Gasteiger partial charge is 0.435 e. The first kappa shape index (κ1) is 23.0. The molecule has 1 fully saturated rings. The van der Waals surface area contributed by atoms with Crippen LogP contribution in [0, 0.1) is 0 Å². The molecule has 7 nitrogen and oxygen atoms in total. The maximum atomic E-state index is 12.3. The number of hydrogen-bond acceptors (Lipinski definition) is 3. The number of carbonyl (C=O) groups excluding carboxylic acids is 2. The Morgan fingerprint density at radius 1 is 1.00 bits per heavy atom. The molecule has 1 aromatic rings. The Hall–Kier alpha value is -2.26. The number of rotatable bonds is 7. The number of alkyl halides is 2. The van der Waals surface area contributed by atoms with Gasteiger partial charge in [0.1, 0.15) is 18.8 Å². The van der Waals surface area contributed by atoms with Crippen LogP contribution in [0.3, 0.4) is 0 Å². The van der Waals surface area contributed by atoms with Crippen LogP contribution in [-0.4, -0.2) is 63.2 Å². The molecule has 0 radical (unpaired) electrons. The summed E-state index contributed by atoms with van der Waals surface area (Å²) in [4.78, 5) is 26.9. The van der Waals surface area contributed by atoms with Crippen LogP contribution in [0.4, 0.5) is 14.5 Å². The fourth-order valence-corrected chi connectivity index (χ4v) is 3.39. The maximum Gasteiger partial charge on any atom is 0.387 e. The Morgan fingerprint density at radius 2 is 1.55 bits per heavy atom. The Labute approximate surface area is 170 Å². The van der Waals surface area contributed by atoms with Gasteiger partial charge in [0.25, 0.3) is 11.8 Å². The van der Waals surface area contributed by atoms with Crippen molar-refractivity contribution in [2.75, 3.05) is 44.6 Å². The summed E-state index contributed by atoms with van der Waals surface area (Å²) in [5.74, 6) is -0.0286. The second-order valence-corrected chi connectivity index (χ2v) is 8.46. The average Bonchev–Trinajstić information content (AvgIpc) is 2.79. The lowest BCUT2D eigenvalue weighted by Crippen LogP contribution is -3.18. The smallest absolute Gasteiger partial charge is 0.387 e. The minimum Gasteiger partial charge on any atom is -0.435 e. The molecule has 2 rings (SSSR count). The summed E-state index contributed by atoms with van der Waals surface area (Å²) in [7, 11) is 0. The number of amides is 2. The van der Waals surface area contributed by atoms with Crippen LogP contribution < -0.4 is 25.2 Å². The number of ether oxygens (including phenoxy) is 1. The fourth-order valence-electron chi connectivity index (χ4n) is 3.39. The second kappa shape index (κ2) is 10.5. The van der Waals surface area contributed by atoms with Crippen LogP contribution >= 0.6 is 0 Å². The van der Waals surface area contributed by atoms with E-state index in [9.17, 15) is 18.4 Å². The zero-order valence-corrected chi connectivity index (χ0v) is 17.3. The van der Waals surface area contributed by atoms with E-state index in [0.717, 1.165) is 32.6 Å². The number of carbonyl (C=O) groups is 2. The van der Waals surface area contributed by atoms with Crippen molar-refractivity contribution in [2.24, 2.45) is 0 Å². The van der Waals surface area contributed by atoms with Gasteiger partial charge in [0.15, 0.2) is 13.1 Å². The Bertz CT molecular complexity index is 677. The van der Waals surface area contributed by atoms with E-state index >= 15 is 0 Å². The first-order valence-electron chi connectivity index (χ1n) is 9.93. The van der Waals surface area contributed by atoms with Gasteiger partial charge in [0.05, 0.1) is 13.1 Å². The van der Waals surface area contributed by atoms with Gasteiger partial charge in [-0.15, -0.1) is 0 Å². The molecule has 1 saturated heterocycles. The van der Waals surface area contributed by atoms with E-state index in [1.807, 2.05) is 20.8 Å². The van der Waals surface area contributed by atoms with Crippen molar-refractivity contribution in [3.8, 4) is 5.75 Å². The highest BCUT2D eigenvalue weighted by Gasteiger charge is 2.25. The van der Waals surface area contributed by atoms with Crippen LogP contribution in [0.25, 0.3) is 0 Å². The van der Waals surface area contributed by atoms with Crippen molar-refractivity contribution in [3.63, 3.8) is 0 Å². The third kappa shape index (κ3) is 9.19. The Kier molecular flexibility index (Phi) is 8.33. The van der Waals surface area contributed by atoms with Crippen LogP contribution in [0.5, 0.6) is 5.75 Å². The summed E-state index contributed by atoms with van der Waals surface area (Å²) in [6.07, 6.45) is 0.945. The van der Waals surface area contributed by atoms with Crippen LogP contribution in [0.15, 0.2) is 24.3 Å². The van der Waals surface area contributed by atoms with Crippen molar-refractivity contribution in [1.29, 1.82) is 0 Å². The standard InChI is InChI=1S/C20H30F2N4O3/c1-20(2,3)24-18(28)14-26-10-4-9-25(11-12-26)13-17(27)23-15-5-7-16(8-6-15)29-19(21)22/h5-8,19H,4,9-14H2,1-3H3,(H,23,27)(H,24,28)/p+2. The van der Waals surface area contributed by atoms with E-state index in [2.05, 4.69) is 15.4 Å². The highest BCUT2D eigenvalue weighted by molar-refractivity contribution is 5.91. The summed E-state index contributed by atoms with van der Waals surface area (Å²) in [6, 6.07) is 5.86. The van der Waals surface area contributed by atoms with E-state index in [4.69, 9.17) is 0 Å². The van der Waals surface area contributed by atoms with Gasteiger partial charge in [0, 0.05) is 17.6 Å². The molecule has 2 amide bonds. The number of nitrogens with one attached hydrogen (secondary N) is 4. The minimum absolute atomic E-state index is 0.0490. The summed E-state index contributed by atoms with van der Waals surface area (Å²) in [5, 5.41) is 5.78. The second-order valence-electron chi connectivity index (χ2n) is 8.46. The molecular weight excluding hydrogens is 382 g/mol. The molecule has 0 spiro atoms. The normalized spacial score (nSPS) is 20.1. The van der Waals surface area contributed by atoms with Crippen molar-refractivity contribution in [2.45, 2.75) is 39.3 Å². The van der Waals surface area contributed by atoms with Crippen LogP contribution in [0.2, 0.25) is 0 Å². The molecule has 1 heterocycles. The summed E-state index contributed by atoms with van der Waals surface area (Å²) in [5.41, 5.74) is 0.304. The van der Waals surface area contributed by atoms with Gasteiger partial charge in [0.2, 0.25) is 0 Å². The highest BCUT2D eigenvalue weighted by atomic mass is 19.3. The Morgan fingerprint density at radius 3 is 2.07 bits per heavy atom. The lowest BCUT2D eigenvalue weighted by atomic mass is 10.1. The van der Waals surface area contributed by atoms with Gasteiger partial charge in [-0.3, -0.25) is 9.59 Å². The zero-order chi connectivity index (χ0) is 21.4. The van der Waals surface area contributed by atoms with Crippen LogP contribution in [-0.2, 0) is 9.59 Å². The number of anilines is 1. The minimum atomic E-state index is -2.87. The number of benzene rings is 1. The summed E-state index contributed by atoms with van der Waals surface area (Å²) in [6.45, 7) is 7.23. The SMILES string of the molecule is CC(C)(C)NC(=O)C[NH+]1CCC[NH+](CC(=O)Nc2ccc(OC(F)F)cc2)CC1. The van der Waals surface area contributed by atoms with E-state index in [1.54, 1.807) is 0 Å². The molecule has 2 atom stereocenters. The monoisotopic (exact) mass is 414 g/mol. The van der Waals surface area contributed by atoms with E-state index in [-0.39, 0.29) is 23.1 Å². The quantitative estimate of drug-likeness (QED) is 0.477. The third-order valence-corrected chi connectivity index (χ3v) is 4.59. The first-order valence-corrected chi connectivity index (χ1v) is 9.93. The molecule has 9 heteroatoms. The molecule has 162 valence electrons. The molecule has 1 aromatic carbocycles. The lowest BCUT2D eigenvalue weighted by Gasteiger charge is -2.22. The van der Waals surface area contributed by atoms with E-state index < -0.39 is 6.61 Å². The maximum absolute atomic E-state index is 12.3. The van der Waals surface area contributed by atoms with Gasteiger partial charge >= 0.3 is 6.61 Å².